The molecule has 0 aliphatic rings. The van der Waals surface area contributed by atoms with Gasteiger partial charge in [0.25, 0.3) is 0 Å². The second-order valence-electron chi connectivity index (χ2n) is 8.01. The number of rotatable bonds is 12. The van der Waals surface area contributed by atoms with E-state index in [1.54, 1.807) is 11.8 Å². The fourth-order valence-corrected chi connectivity index (χ4v) is 4.17. The molecule has 0 spiro atoms. The van der Waals surface area contributed by atoms with E-state index in [2.05, 4.69) is 0 Å². The molecule has 0 aliphatic carbocycles. The van der Waals surface area contributed by atoms with Crippen molar-refractivity contribution in [3.05, 3.63) is 71.8 Å². The Kier molecular flexibility index (Phi) is 11.0. The predicted octanol–water partition coefficient (Wildman–Crippen LogP) is 4.42. The fourth-order valence-electron chi connectivity index (χ4n) is 3.19. The van der Waals surface area contributed by atoms with Crippen LogP contribution in [0, 0.1) is 5.92 Å². The molecule has 2 atom stereocenters. The van der Waals surface area contributed by atoms with Gasteiger partial charge in [0.2, 0.25) is 5.91 Å². The van der Waals surface area contributed by atoms with E-state index in [9.17, 15) is 14.4 Å². The summed E-state index contributed by atoms with van der Waals surface area (Å²) in [6.45, 7) is 3.91. The lowest BCUT2D eigenvalue weighted by molar-refractivity contribution is -0.136. The van der Waals surface area contributed by atoms with E-state index in [1.807, 2.05) is 74.5 Å². The Balaban J connectivity index is 2.04. The average molecular weight is 457 g/mol. The van der Waals surface area contributed by atoms with Gasteiger partial charge in [-0.25, -0.2) is 9.69 Å². The SMILES string of the molecule is CC(C)C[C@H](N)C(=O)N(C(=O)OCc1ccccc1)C(C=O)CCSCc1ccccc1. The molecule has 172 valence electrons. The molecule has 7 heteroatoms. The minimum atomic E-state index is -0.924. The first-order valence-corrected chi connectivity index (χ1v) is 11.9. The molecule has 1 unspecified atom stereocenters. The van der Waals surface area contributed by atoms with Crippen molar-refractivity contribution in [3.8, 4) is 0 Å². The number of thioether (sulfide) groups is 1. The maximum atomic E-state index is 13.0. The molecule has 2 amide bonds. The lowest BCUT2D eigenvalue weighted by Crippen LogP contribution is -2.52. The van der Waals surface area contributed by atoms with Gasteiger partial charge in [0.05, 0.1) is 12.1 Å². The molecule has 2 aromatic rings. The van der Waals surface area contributed by atoms with Gasteiger partial charge in [-0.1, -0.05) is 74.5 Å². The van der Waals surface area contributed by atoms with Gasteiger partial charge in [-0.05, 0) is 35.6 Å². The Morgan fingerprint density at radius 3 is 2.19 bits per heavy atom. The molecule has 6 nitrogen and oxygen atoms in total. The summed E-state index contributed by atoms with van der Waals surface area (Å²) in [4.78, 5) is 38.7. The highest BCUT2D eigenvalue weighted by Crippen LogP contribution is 2.18. The van der Waals surface area contributed by atoms with Crippen molar-refractivity contribution < 1.29 is 19.1 Å². The van der Waals surface area contributed by atoms with Crippen molar-refractivity contribution in [2.45, 2.75) is 51.1 Å². The summed E-state index contributed by atoms with van der Waals surface area (Å²) in [7, 11) is 0. The molecule has 2 aromatic carbocycles. The fraction of sp³-hybridized carbons (Fsp3) is 0.400. The van der Waals surface area contributed by atoms with Crippen LogP contribution in [0.4, 0.5) is 4.79 Å². The van der Waals surface area contributed by atoms with Crippen LogP contribution in [0.15, 0.2) is 60.7 Å². The van der Waals surface area contributed by atoms with Crippen LogP contribution in [-0.2, 0) is 26.7 Å². The Labute approximate surface area is 194 Å². The van der Waals surface area contributed by atoms with E-state index in [4.69, 9.17) is 10.5 Å². The number of ether oxygens (including phenoxy) is 1. The smallest absolute Gasteiger partial charge is 0.417 e. The first kappa shape index (κ1) is 25.6. The van der Waals surface area contributed by atoms with E-state index in [0.29, 0.717) is 24.9 Å². The highest BCUT2D eigenvalue weighted by molar-refractivity contribution is 7.98. The normalized spacial score (nSPS) is 12.8. The van der Waals surface area contributed by atoms with Gasteiger partial charge >= 0.3 is 6.09 Å². The van der Waals surface area contributed by atoms with Crippen LogP contribution in [0.25, 0.3) is 0 Å². The van der Waals surface area contributed by atoms with Gasteiger partial charge in [-0.2, -0.15) is 11.8 Å². The first-order valence-electron chi connectivity index (χ1n) is 10.8. The number of nitrogens with zero attached hydrogens (tertiary/aromatic N) is 1. The summed E-state index contributed by atoms with van der Waals surface area (Å²) in [5.74, 6) is 0.980. The van der Waals surface area contributed by atoms with Gasteiger partial charge < -0.3 is 15.3 Å². The van der Waals surface area contributed by atoms with Gasteiger partial charge in [0.1, 0.15) is 12.9 Å². The minimum Gasteiger partial charge on any atom is -0.444 e. The number of aldehydes is 1. The monoisotopic (exact) mass is 456 g/mol. The highest BCUT2D eigenvalue weighted by Gasteiger charge is 2.34. The highest BCUT2D eigenvalue weighted by atomic mass is 32.2. The molecule has 2 N–H and O–H groups in total. The maximum absolute atomic E-state index is 13.0. The molecule has 0 bridgehead atoms. The van der Waals surface area contributed by atoms with Crippen molar-refractivity contribution in [2.24, 2.45) is 11.7 Å². The number of amides is 2. The van der Waals surface area contributed by atoms with Gasteiger partial charge in [-0.15, -0.1) is 0 Å². The van der Waals surface area contributed by atoms with Gasteiger partial charge in [0.15, 0.2) is 0 Å². The Morgan fingerprint density at radius 1 is 1.03 bits per heavy atom. The van der Waals surface area contributed by atoms with Crippen molar-refractivity contribution in [1.82, 2.24) is 4.90 Å². The molecule has 0 radical (unpaired) electrons. The van der Waals surface area contributed by atoms with Crippen LogP contribution in [0.2, 0.25) is 0 Å². The number of hydrogen-bond donors (Lipinski definition) is 1. The third-order valence-electron chi connectivity index (χ3n) is 4.84. The van der Waals surface area contributed by atoms with Crippen molar-refractivity contribution in [1.29, 1.82) is 0 Å². The molecule has 0 saturated heterocycles. The second kappa shape index (κ2) is 13.7. The van der Waals surface area contributed by atoms with Crippen LogP contribution in [0.1, 0.15) is 37.8 Å². The topological polar surface area (TPSA) is 89.7 Å². The summed E-state index contributed by atoms with van der Waals surface area (Å²) in [5.41, 5.74) is 8.04. The number of imide groups is 1. The first-order chi connectivity index (χ1) is 15.4. The van der Waals surface area contributed by atoms with Crippen LogP contribution in [-0.4, -0.2) is 41.0 Å². The largest absolute Gasteiger partial charge is 0.444 e. The molecule has 0 saturated carbocycles. The number of benzene rings is 2. The van der Waals surface area contributed by atoms with Crippen LogP contribution >= 0.6 is 11.8 Å². The van der Waals surface area contributed by atoms with E-state index in [0.717, 1.165) is 16.2 Å². The zero-order valence-corrected chi connectivity index (χ0v) is 19.5. The van der Waals surface area contributed by atoms with Gasteiger partial charge in [0, 0.05) is 5.75 Å². The van der Waals surface area contributed by atoms with Crippen LogP contribution in [0.3, 0.4) is 0 Å². The summed E-state index contributed by atoms with van der Waals surface area (Å²) in [5, 5.41) is 0. The van der Waals surface area contributed by atoms with E-state index < -0.39 is 24.1 Å². The number of nitrogens with two attached hydrogens (primary N) is 1. The Morgan fingerprint density at radius 2 is 1.62 bits per heavy atom. The van der Waals surface area contributed by atoms with Crippen LogP contribution in [0.5, 0.6) is 0 Å². The lowest BCUT2D eigenvalue weighted by Gasteiger charge is -2.28. The average Bonchev–Trinajstić information content (AvgIpc) is 2.80. The molecular formula is C25H32N2O4S. The second-order valence-corrected chi connectivity index (χ2v) is 9.12. The molecular weight excluding hydrogens is 424 g/mol. The van der Waals surface area contributed by atoms with Gasteiger partial charge in [-0.3, -0.25) is 4.79 Å². The van der Waals surface area contributed by atoms with Crippen LogP contribution < -0.4 is 5.73 Å². The Hall–Kier alpha value is -2.64. The number of carbonyl (C=O) groups is 3. The summed E-state index contributed by atoms with van der Waals surface area (Å²) in [6, 6.07) is 17.4. The number of hydrogen-bond acceptors (Lipinski definition) is 6. The third kappa shape index (κ3) is 8.48. The third-order valence-corrected chi connectivity index (χ3v) is 5.90. The van der Waals surface area contributed by atoms with E-state index in [-0.39, 0.29) is 12.5 Å². The van der Waals surface area contributed by atoms with E-state index in [1.165, 1.54) is 5.56 Å². The quantitative estimate of drug-likeness (QED) is 0.376. The molecule has 32 heavy (non-hydrogen) atoms. The molecule has 0 heterocycles. The minimum absolute atomic E-state index is 0.0111. The van der Waals surface area contributed by atoms with E-state index >= 15 is 0 Å². The Bertz CT molecular complexity index is 846. The maximum Gasteiger partial charge on any atom is 0.417 e. The summed E-state index contributed by atoms with van der Waals surface area (Å²) in [6.07, 6.45) is 0.535. The molecule has 0 aliphatic heterocycles. The lowest BCUT2D eigenvalue weighted by atomic mass is 10.0. The summed E-state index contributed by atoms with van der Waals surface area (Å²) < 4.78 is 5.37. The zero-order chi connectivity index (χ0) is 23.3. The zero-order valence-electron chi connectivity index (χ0n) is 18.7. The van der Waals surface area contributed by atoms with Crippen molar-refractivity contribution in [3.63, 3.8) is 0 Å². The van der Waals surface area contributed by atoms with Crippen molar-refractivity contribution >= 4 is 30.0 Å². The predicted molar refractivity (Wildman–Crippen MR) is 128 cm³/mol. The summed E-state index contributed by atoms with van der Waals surface area (Å²) >= 11 is 1.64. The molecule has 0 aromatic heterocycles. The standard InChI is InChI=1S/C25H32N2O4S/c1-19(2)15-23(26)24(29)27(25(30)31-17-20-9-5-3-6-10-20)22(16-28)13-14-32-18-21-11-7-4-8-12-21/h3-12,16,19,22-23H,13-15,17-18,26H2,1-2H3/t22?,23-/m0/s1. The molecule has 2 rings (SSSR count). The molecule has 0 fully saturated rings. The number of carbonyl (C=O) groups excluding carboxylic acids is 3. The van der Waals surface area contributed by atoms with Crippen molar-refractivity contribution in [2.75, 3.05) is 5.75 Å².